The molecule has 0 amide bonds. The molecule has 1 saturated carbocycles. The van der Waals surface area contributed by atoms with Crippen LogP contribution in [0.5, 0.6) is 0 Å². The summed E-state index contributed by atoms with van der Waals surface area (Å²) in [5, 5.41) is 0. The highest BCUT2D eigenvalue weighted by molar-refractivity contribution is 5.71. The highest BCUT2D eigenvalue weighted by Crippen LogP contribution is 2.38. The molecule has 33 heavy (non-hydrogen) atoms. The Balaban J connectivity index is 1.40. The van der Waals surface area contributed by atoms with Gasteiger partial charge in [0, 0.05) is 12.7 Å². The monoisotopic (exact) mass is 442 g/mol. The van der Waals surface area contributed by atoms with Crippen LogP contribution < -0.4 is 0 Å². The summed E-state index contributed by atoms with van der Waals surface area (Å²) < 4.78 is 20.2. The molecule has 0 radical (unpaired) electrons. The van der Waals surface area contributed by atoms with E-state index in [2.05, 4.69) is 43.3 Å². The van der Waals surface area contributed by atoms with E-state index in [-0.39, 0.29) is 5.82 Å². The van der Waals surface area contributed by atoms with Crippen LogP contribution in [0.3, 0.4) is 0 Å². The van der Waals surface area contributed by atoms with Crippen molar-refractivity contribution in [2.24, 2.45) is 5.92 Å². The average Bonchev–Trinajstić information content (AvgIpc) is 2.85. The number of allylic oxidation sites excluding steroid dienone is 2. The van der Waals surface area contributed by atoms with Gasteiger partial charge in [-0.1, -0.05) is 72.8 Å². The third-order valence-corrected chi connectivity index (χ3v) is 7.08. The van der Waals surface area contributed by atoms with Gasteiger partial charge in [-0.15, -0.1) is 0 Å². The van der Waals surface area contributed by atoms with Crippen LogP contribution >= 0.6 is 0 Å². The second kappa shape index (κ2) is 11.4. The number of methoxy groups -OCH3 is 1. The molecule has 0 N–H and O–H groups in total. The number of benzene rings is 3. The Hall–Kier alpha value is -2.71. The van der Waals surface area contributed by atoms with E-state index in [9.17, 15) is 0 Å². The Kier molecular flexibility index (Phi) is 8.12. The highest BCUT2D eigenvalue weighted by atomic mass is 19.1. The van der Waals surface area contributed by atoms with Crippen LogP contribution in [-0.4, -0.2) is 7.11 Å². The molecule has 0 saturated heterocycles. The van der Waals surface area contributed by atoms with Crippen LogP contribution in [0.25, 0.3) is 22.3 Å². The second-order valence-corrected chi connectivity index (χ2v) is 9.31. The van der Waals surface area contributed by atoms with E-state index < -0.39 is 0 Å². The molecule has 3 aromatic rings. The summed E-state index contributed by atoms with van der Waals surface area (Å²) in [6, 6.07) is 22.2. The molecular formula is C31H35FO. The van der Waals surface area contributed by atoms with Gasteiger partial charge in [-0.2, -0.15) is 0 Å². The van der Waals surface area contributed by atoms with Gasteiger partial charge in [-0.05, 0) is 91.2 Å². The lowest BCUT2D eigenvalue weighted by Crippen LogP contribution is -2.13. The zero-order valence-corrected chi connectivity index (χ0v) is 19.9. The summed E-state index contributed by atoms with van der Waals surface area (Å²) in [6.07, 6.45) is 12.2. The molecule has 1 nitrogen and oxygen atoms in total. The van der Waals surface area contributed by atoms with Gasteiger partial charge in [0.25, 0.3) is 0 Å². The van der Waals surface area contributed by atoms with Gasteiger partial charge in [-0.25, -0.2) is 4.39 Å². The number of rotatable bonds is 8. The summed E-state index contributed by atoms with van der Waals surface area (Å²) >= 11 is 0. The van der Waals surface area contributed by atoms with Gasteiger partial charge in [0.2, 0.25) is 0 Å². The van der Waals surface area contributed by atoms with E-state index in [0.29, 0.717) is 18.1 Å². The molecular weight excluding hydrogens is 407 g/mol. The molecule has 3 aromatic carbocycles. The maximum absolute atomic E-state index is 15.0. The maximum atomic E-state index is 15.0. The highest BCUT2D eigenvalue weighted by Gasteiger charge is 2.22. The fourth-order valence-corrected chi connectivity index (χ4v) is 5.11. The minimum absolute atomic E-state index is 0.178. The molecule has 0 heterocycles. The Morgan fingerprint density at radius 3 is 2.15 bits per heavy atom. The average molecular weight is 443 g/mol. The summed E-state index contributed by atoms with van der Waals surface area (Å²) in [4.78, 5) is 0. The molecule has 2 heteroatoms. The third kappa shape index (κ3) is 6.00. The smallest absolute Gasteiger partial charge is 0.131 e. The van der Waals surface area contributed by atoms with Crippen LogP contribution in [0.2, 0.25) is 0 Å². The molecule has 0 bridgehead atoms. The van der Waals surface area contributed by atoms with Gasteiger partial charge in [0.05, 0.1) is 6.61 Å². The maximum Gasteiger partial charge on any atom is 0.131 e. The van der Waals surface area contributed by atoms with Crippen LogP contribution in [0.1, 0.15) is 62.5 Å². The summed E-state index contributed by atoms with van der Waals surface area (Å²) in [5.41, 5.74) is 6.02. The van der Waals surface area contributed by atoms with Crippen molar-refractivity contribution in [3.63, 3.8) is 0 Å². The summed E-state index contributed by atoms with van der Waals surface area (Å²) in [7, 11) is 1.69. The van der Waals surface area contributed by atoms with E-state index in [4.69, 9.17) is 4.74 Å². The van der Waals surface area contributed by atoms with E-state index in [1.165, 1.54) is 44.1 Å². The molecule has 0 unspecified atom stereocenters. The Labute approximate surface area is 198 Å². The zero-order valence-electron chi connectivity index (χ0n) is 19.9. The molecule has 1 fully saturated rings. The number of halogens is 1. The SMILES string of the molecule is C/C=C/CC[C@H]1CC[C@H](c2ccc(-c3ccc(-c4ccc(COC)cc4)cc3F)cc2)CC1. The number of ether oxygens (including phenoxy) is 1. The Bertz CT molecular complexity index is 1040. The van der Waals surface area contributed by atoms with Crippen molar-refractivity contribution in [1.29, 1.82) is 0 Å². The van der Waals surface area contributed by atoms with E-state index in [1.807, 2.05) is 36.4 Å². The van der Waals surface area contributed by atoms with Crippen molar-refractivity contribution in [2.45, 2.75) is 58.0 Å². The normalized spacial score (nSPS) is 18.6. The standard InChI is InChI=1S/C31H35FO/c1-3-4-5-6-23-7-11-25(12-8-23)26-15-17-28(18-16-26)30-20-19-29(21-31(30)32)27-13-9-24(10-14-27)22-33-2/h3-4,9-10,13-21,23,25H,5-8,11-12,22H2,1-2H3/b4-3+/t23-,25-. The van der Waals surface area contributed by atoms with Gasteiger partial charge in [-0.3, -0.25) is 0 Å². The van der Waals surface area contributed by atoms with Crippen molar-refractivity contribution in [3.05, 3.63) is 95.8 Å². The molecule has 1 aliphatic carbocycles. The minimum atomic E-state index is -0.178. The van der Waals surface area contributed by atoms with Crippen LogP contribution in [0.15, 0.2) is 78.9 Å². The molecule has 0 aromatic heterocycles. The van der Waals surface area contributed by atoms with Gasteiger partial charge < -0.3 is 4.74 Å². The second-order valence-electron chi connectivity index (χ2n) is 9.31. The fourth-order valence-electron chi connectivity index (χ4n) is 5.11. The lowest BCUT2D eigenvalue weighted by Gasteiger charge is -2.28. The summed E-state index contributed by atoms with van der Waals surface area (Å²) in [6.45, 7) is 2.69. The predicted octanol–water partition coefficient (Wildman–Crippen LogP) is 8.94. The molecule has 1 aliphatic rings. The van der Waals surface area contributed by atoms with Crippen LogP contribution in [0.4, 0.5) is 4.39 Å². The van der Waals surface area contributed by atoms with Crippen LogP contribution in [0, 0.1) is 11.7 Å². The van der Waals surface area contributed by atoms with E-state index in [0.717, 1.165) is 28.2 Å². The molecule has 172 valence electrons. The minimum Gasteiger partial charge on any atom is -0.380 e. The van der Waals surface area contributed by atoms with Gasteiger partial charge in [0.1, 0.15) is 5.82 Å². The molecule has 0 spiro atoms. The molecule has 0 atom stereocenters. The number of hydrogen-bond donors (Lipinski definition) is 0. The lowest BCUT2D eigenvalue weighted by atomic mass is 9.77. The van der Waals surface area contributed by atoms with Crippen molar-refractivity contribution >= 4 is 0 Å². The number of hydrogen-bond acceptors (Lipinski definition) is 1. The van der Waals surface area contributed by atoms with Crippen molar-refractivity contribution in [3.8, 4) is 22.3 Å². The first-order valence-corrected chi connectivity index (χ1v) is 12.3. The van der Waals surface area contributed by atoms with E-state index >= 15 is 4.39 Å². The largest absolute Gasteiger partial charge is 0.380 e. The van der Waals surface area contributed by atoms with Crippen molar-refractivity contribution in [1.82, 2.24) is 0 Å². The van der Waals surface area contributed by atoms with E-state index in [1.54, 1.807) is 13.2 Å². The van der Waals surface area contributed by atoms with Gasteiger partial charge in [0.15, 0.2) is 0 Å². The third-order valence-electron chi connectivity index (χ3n) is 7.08. The Morgan fingerprint density at radius 2 is 1.52 bits per heavy atom. The quantitative estimate of drug-likeness (QED) is 0.316. The summed E-state index contributed by atoms with van der Waals surface area (Å²) in [5.74, 6) is 1.34. The lowest BCUT2D eigenvalue weighted by molar-refractivity contribution is 0.185. The first-order chi connectivity index (χ1) is 16.2. The molecule has 0 aliphatic heterocycles. The Morgan fingerprint density at radius 1 is 0.848 bits per heavy atom. The molecule has 4 rings (SSSR count). The van der Waals surface area contributed by atoms with Crippen molar-refractivity contribution in [2.75, 3.05) is 7.11 Å². The zero-order chi connectivity index (χ0) is 23.0. The van der Waals surface area contributed by atoms with Crippen molar-refractivity contribution < 1.29 is 9.13 Å². The van der Waals surface area contributed by atoms with Gasteiger partial charge >= 0.3 is 0 Å². The predicted molar refractivity (Wildman–Crippen MR) is 137 cm³/mol. The fraction of sp³-hybridized carbons (Fsp3) is 0.355. The topological polar surface area (TPSA) is 9.23 Å². The van der Waals surface area contributed by atoms with Crippen LogP contribution in [-0.2, 0) is 11.3 Å². The first-order valence-electron chi connectivity index (χ1n) is 12.3. The first kappa shape index (κ1) is 23.4.